The average molecular weight is 1440 g/mol. The van der Waals surface area contributed by atoms with Crippen LogP contribution in [0.5, 0.6) is 0 Å². The maximum atomic E-state index is 13.1. The van der Waals surface area contributed by atoms with Crippen molar-refractivity contribution in [2.24, 2.45) is 5.92 Å². The number of hydrogen-bond donors (Lipinski definition) is 3. The first kappa shape index (κ1) is 96.1. The number of phosphoric acid groups is 2. The Morgan fingerprint density at radius 1 is 0.276 bits per heavy atom. The highest BCUT2D eigenvalue weighted by molar-refractivity contribution is 7.47. The van der Waals surface area contributed by atoms with Crippen LogP contribution in [0.3, 0.4) is 0 Å². The number of hydrogen-bond acceptors (Lipinski definition) is 15. The van der Waals surface area contributed by atoms with Crippen molar-refractivity contribution in [1.29, 1.82) is 0 Å². The second-order valence-corrected chi connectivity index (χ2v) is 31.8. The molecule has 0 aromatic rings. The summed E-state index contributed by atoms with van der Waals surface area (Å²) in [6, 6.07) is 0. The van der Waals surface area contributed by atoms with Crippen LogP contribution in [0.25, 0.3) is 0 Å². The van der Waals surface area contributed by atoms with Crippen LogP contribution in [-0.4, -0.2) is 96.7 Å². The van der Waals surface area contributed by atoms with E-state index < -0.39 is 97.5 Å². The van der Waals surface area contributed by atoms with Gasteiger partial charge in [0.15, 0.2) is 12.2 Å². The number of carbonyl (C=O) groups excluding carboxylic acids is 4. The zero-order chi connectivity index (χ0) is 71.9. The Morgan fingerprint density at radius 2 is 0.469 bits per heavy atom. The largest absolute Gasteiger partial charge is 0.472 e. The van der Waals surface area contributed by atoms with Crippen LogP contribution in [0.1, 0.15) is 420 Å². The Hall–Kier alpha value is -1.94. The van der Waals surface area contributed by atoms with E-state index in [1.54, 1.807) is 0 Å². The van der Waals surface area contributed by atoms with E-state index in [2.05, 4.69) is 34.6 Å². The van der Waals surface area contributed by atoms with Crippen LogP contribution >= 0.6 is 15.6 Å². The predicted molar refractivity (Wildman–Crippen MR) is 400 cm³/mol. The number of esters is 4. The lowest BCUT2D eigenvalue weighted by Gasteiger charge is -2.21. The lowest BCUT2D eigenvalue weighted by molar-refractivity contribution is -0.161. The van der Waals surface area contributed by atoms with Gasteiger partial charge in [0, 0.05) is 25.7 Å². The Bertz CT molecular complexity index is 1870. The number of aliphatic hydroxyl groups excluding tert-OH is 1. The summed E-state index contributed by atoms with van der Waals surface area (Å²) in [4.78, 5) is 72.9. The predicted octanol–water partition coefficient (Wildman–Crippen LogP) is 23.6. The highest BCUT2D eigenvalue weighted by Gasteiger charge is 2.30. The van der Waals surface area contributed by atoms with Crippen molar-refractivity contribution in [3.8, 4) is 0 Å². The van der Waals surface area contributed by atoms with Crippen LogP contribution < -0.4 is 0 Å². The van der Waals surface area contributed by atoms with E-state index in [1.807, 2.05) is 0 Å². The molecule has 0 rings (SSSR count). The standard InChI is InChI=1S/C79H154O17P2/c1-6-9-12-15-18-21-24-26-28-30-34-38-43-48-53-58-63-77(82)90-69-75(96-79(84)65-60-55-50-45-40-36-32-33-37-41-46-51-56-61-72(4)5)71-94-98(87,88)92-67-73(80)66-91-97(85,86)93-70-74(68-89-76(81)62-57-52-47-42-23-20-17-14-11-8-3)95-78(83)64-59-54-49-44-39-35-31-29-27-25-22-19-16-13-10-7-2/h72-75,80H,6-71H2,1-5H3,(H,85,86)(H,87,88)/t73-,74+,75+/m0/s1. The molecule has 0 bridgehead atoms. The molecular weight excluding hydrogens is 1280 g/mol. The summed E-state index contributed by atoms with van der Waals surface area (Å²) in [5, 5.41) is 10.6. The molecule has 17 nitrogen and oxygen atoms in total. The molecule has 5 atom stereocenters. The van der Waals surface area contributed by atoms with E-state index >= 15 is 0 Å². The molecule has 0 amide bonds. The minimum absolute atomic E-state index is 0.108. The van der Waals surface area contributed by atoms with Gasteiger partial charge in [-0.1, -0.05) is 369 Å². The van der Waals surface area contributed by atoms with Crippen LogP contribution in [0.2, 0.25) is 0 Å². The molecule has 0 saturated carbocycles. The van der Waals surface area contributed by atoms with Gasteiger partial charge in [-0.2, -0.15) is 0 Å². The first-order valence-corrected chi connectivity index (χ1v) is 44.1. The highest BCUT2D eigenvalue weighted by atomic mass is 31.2. The fraction of sp³-hybridized carbons (Fsp3) is 0.949. The Morgan fingerprint density at radius 3 is 0.694 bits per heavy atom. The molecule has 2 unspecified atom stereocenters. The smallest absolute Gasteiger partial charge is 0.462 e. The van der Waals surface area contributed by atoms with E-state index in [4.69, 9.17) is 37.0 Å². The molecular formula is C79H154O17P2. The van der Waals surface area contributed by atoms with Gasteiger partial charge in [0.2, 0.25) is 0 Å². The van der Waals surface area contributed by atoms with Crippen molar-refractivity contribution < 1.29 is 80.2 Å². The maximum Gasteiger partial charge on any atom is 0.472 e. The second kappa shape index (κ2) is 72.0. The second-order valence-electron chi connectivity index (χ2n) is 28.9. The quantitative estimate of drug-likeness (QED) is 0.0222. The van der Waals surface area contributed by atoms with Gasteiger partial charge in [0.25, 0.3) is 0 Å². The van der Waals surface area contributed by atoms with Gasteiger partial charge in [-0.3, -0.25) is 37.3 Å². The molecule has 98 heavy (non-hydrogen) atoms. The topological polar surface area (TPSA) is 237 Å². The van der Waals surface area contributed by atoms with Crippen LogP contribution in [-0.2, 0) is 65.4 Å². The van der Waals surface area contributed by atoms with Gasteiger partial charge >= 0.3 is 39.5 Å². The van der Waals surface area contributed by atoms with Crippen LogP contribution in [0, 0.1) is 5.92 Å². The third kappa shape index (κ3) is 72.4. The zero-order valence-electron chi connectivity index (χ0n) is 63.9. The van der Waals surface area contributed by atoms with Crippen molar-refractivity contribution >= 4 is 39.5 Å². The van der Waals surface area contributed by atoms with E-state index in [-0.39, 0.29) is 25.7 Å². The van der Waals surface area contributed by atoms with E-state index in [0.717, 1.165) is 95.8 Å². The Kier molecular flexibility index (Phi) is 70.6. The Labute approximate surface area is 600 Å². The van der Waals surface area contributed by atoms with Gasteiger partial charge < -0.3 is 33.8 Å². The molecule has 3 N–H and O–H groups in total. The minimum atomic E-state index is -4.96. The molecule has 0 saturated heterocycles. The van der Waals surface area contributed by atoms with E-state index in [9.17, 15) is 43.2 Å². The molecule has 0 aliphatic heterocycles. The summed E-state index contributed by atoms with van der Waals surface area (Å²) in [7, 11) is -9.91. The van der Waals surface area contributed by atoms with E-state index in [1.165, 1.54) is 244 Å². The van der Waals surface area contributed by atoms with Gasteiger partial charge in [-0.15, -0.1) is 0 Å². The molecule has 582 valence electrons. The monoisotopic (exact) mass is 1440 g/mol. The maximum absolute atomic E-state index is 13.1. The van der Waals surface area contributed by atoms with Crippen molar-refractivity contribution in [2.45, 2.75) is 438 Å². The van der Waals surface area contributed by atoms with Crippen LogP contribution in [0.4, 0.5) is 0 Å². The first-order chi connectivity index (χ1) is 47.5. The molecule has 19 heteroatoms. The molecule has 0 spiro atoms. The molecule has 0 heterocycles. The molecule has 0 aliphatic rings. The van der Waals surface area contributed by atoms with Gasteiger partial charge in [-0.05, 0) is 31.6 Å². The normalized spacial score (nSPS) is 13.9. The van der Waals surface area contributed by atoms with E-state index in [0.29, 0.717) is 25.7 Å². The highest BCUT2D eigenvalue weighted by Crippen LogP contribution is 2.45. The summed E-state index contributed by atoms with van der Waals surface area (Å²) in [6.45, 7) is 7.33. The van der Waals surface area contributed by atoms with Gasteiger partial charge in [0.1, 0.15) is 19.3 Å². The summed E-state index contributed by atoms with van der Waals surface area (Å²) < 4.78 is 68.7. The van der Waals surface area contributed by atoms with Crippen molar-refractivity contribution in [2.75, 3.05) is 39.6 Å². The van der Waals surface area contributed by atoms with Crippen molar-refractivity contribution in [3.05, 3.63) is 0 Å². The molecule has 0 fully saturated rings. The summed E-state index contributed by atoms with van der Waals surface area (Å²) in [5.41, 5.74) is 0. The van der Waals surface area contributed by atoms with Gasteiger partial charge in [-0.25, -0.2) is 9.13 Å². The third-order valence-electron chi connectivity index (χ3n) is 18.5. The summed E-state index contributed by atoms with van der Waals surface area (Å²) in [5.74, 6) is -1.32. The first-order valence-electron chi connectivity index (χ1n) is 41.1. The summed E-state index contributed by atoms with van der Waals surface area (Å²) in [6.07, 6.45) is 62.3. The Balaban J connectivity index is 5.24. The number of carbonyl (C=O) groups is 4. The number of rotatable bonds is 79. The lowest BCUT2D eigenvalue weighted by Crippen LogP contribution is -2.30. The number of unbranched alkanes of at least 4 members (excludes halogenated alkanes) is 51. The lowest BCUT2D eigenvalue weighted by atomic mass is 10.0. The van der Waals surface area contributed by atoms with Gasteiger partial charge in [0.05, 0.1) is 26.4 Å². The van der Waals surface area contributed by atoms with Crippen molar-refractivity contribution in [3.63, 3.8) is 0 Å². The molecule has 0 aromatic carbocycles. The molecule has 0 aromatic heterocycles. The SMILES string of the molecule is CCCCCCCCCCCCCCCCCCC(=O)OC[C@H](COP(=O)(O)OC[C@@H](O)COP(=O)(O)OC[C@@H](COC(=O)CCCCCCCCCCCC)OC(=O)CCCCCCCCCCCCCCCCCC)OC(=O)CCCCCCCCCCCCCCCC(C)C. The molecule has 0 radical (unpaired) electrons. The van der Waals surface area contributed by atoms with Crippen molar-refractivity contribution in [1.82, 2.24) is 0 Å². The van der Waals surface area contributed by atoms with Crippen LogP contribution in [0.15, 0.2) is 0 Å². The third-order valence-corrected chi connectivity index (χ3v) is 20.4. The molecule has 0 aliphatic carbocycles. The number of aliphatic hydroxyl groups is 1. The minimum Gasteiger partial charge on any atom is -0.462 e. The fourth-order valence-electron chi connectivity index (χ4n) is 12.2. The zero-order valence-corrected chi connectivity index (χ0v) is 65.7. The summed E-state index contributed by atoms with van der Waals surface area (Å²) >= 11 is 0. The number of phosphoric ester groups is 2. The average Bonchev–Trinajstić information content (AvgIpc) is 1.01. The number of ether oxygens (including phenoxy) is 4. The fourth-order valence-corrected chi connectivity index (χ4v) is 13.8.